The Bertz CT molecular complexity index is 843. The van der Waals surface area contributed by atoms with Crippen molar-refractivity contribution in [1.29, 1.82) is 0 Å². The van der Waals surface area contributed by atoms with Gasteiger partial charge in [-0.1, -0.05) is 30.3 Å². The van der Waals surface area contributed by atoms with Gasteiger partial charge in [0.05, 0.1) is 22.8 Å². The van der Waals surface area contributed by atoms with Crippen LogP contribution in [0, 0.1) is 0 Å². The molecule has 2 aromatic carbocycles. The van der Waals surface area contributed by atoms with Gasteiger partial charge in [0.1, 0.15) is 5.84 Å². The summed E-state index contributed by atoms with van der Waals surface area (Å²) in [6.45, 7) is 2.10. The van der Waals surface area contributed by atoms with Gasteiger partial charge in [0.2, 0.25) is 0 Å². The van der Waals surface area contributed by atoms with Gasteiger partial charge in [-0.3, -0.25) is 4.79 Å². The van der Waals surface area contributed by atoms with E-state index in [0.717, 1.165) is 22.2 Å². The minimum atomic E-state index is -0.365. The highest BCUT2D eigenvalue weighted by molar-refractivity contribution is 8.18. The van der Waals surface area contributed by atoms with Gasteiger partial charge in [-0.25, -0.2) is 9.79 Å². The topological polar surface area (TPSA) is 67.8 Å². The molecule has 0 bridgehead atoms. The first-order chi connectivity index (χ1) is 12.2. The summed E-state index contributed by atoms with van der Waals surface area (Å²) >= 11 is 1.11. The molecule has 5 nitrogen and oxygen atoms in total. The zero-order valence-electron chi connectivity index (χ0n) is 13.6. The van der Waals surface area contributed by atoms with Crippen molar-refractivity contribution in [2.24, 2.45) is 4.99 Å². The molecule has 1 amide bonds. The van der Waals surface area contributed by atoms with Crippen molar-refractivity contribution in [3.05, 3.63) is 70.6 Å². The molecule has 2 aromatic rings. The first-order valence-electron chi connectivity index (χ1n) is 7.77. The number of esters is 1. The van der Waals surface area contributed by atoms with Crippen molar-refractivity contribution in [2.45, 2.75) is 6.92 Å². The Morgan fingerprint density at radius 2 is 1.88 bits per heavy atom. The molecule has 1 heterocycles. The Morgan fingerprint density at radius 3 is 2.56 bits per heavy atom. The van der Waals surface area contributed by atoms with Crippen molar-refractivity contribution < 1.29 is 14.3 Å². The largest absolute Gasteiger partial charge is 0.462 e. The lowest BCUT2D eigenvalue weighted by Crippen LogP contribution is -2.18. The Kier molecular flexibility index (Phi) is 5.30. The lowest BCUT2D eigenvalue weighted by molar-refractivity contribution is 0.0526. The molecule has 1 aliphatic rings. The number of aliphatic imine (C=N–C) groups is 1. The summed E-state index contributed by atoms with van der Waals surface area (Å²) in [5.74, 6) is 0.138. The molecular weight excluding hydrogens is 336 g/mol. The number of hydrogen-bond acceptors (Lipinski definition) is 5. The molecule has 1 fully saturated rings. The van der Waals surface area contributed by atoms with Gasteiger partial charge in [0.25, 0.3) is 5.24 Å². The smallest absolute Gasteiger partial charge is 0.338 e. The molecule has 1 saturated heterocycles. The van der Waals surface area contributed by atoms with E-state index in [1.807, 2.05) is 36.4 Å². The molecule has 1 aliphatic heterocycles. The molecule has 0 spiro atoms. The van der Waals surface area contributed by atoms with Crippen LogP contribution in [0.3, 0.4) is 0 Å². The second kappa shape index (κ2) is 7.81. The maximum absolute atomic E-state index is 11.7. The average Bonchev–Trinajstić information content (AvgIpc) is 2.95. The van der Waals surface area contributed by atoms with Gasteiger partial charge in [-0.2, -0.15) is 0 Å². The van der Waals surface area contributed by atoms with Crippen molar-refractivity contribution in [3.63, 3.8) is 0 Å². The van der Waals surface area contributed by atoms with Crippen LogP contribution in [0.25, 0.3) is 6.08 Å². The maximum Gasteiger partial charge on any atom is 0.338 e. The van der Waals surface area contributed by atoms with Crippen LogP contribution in [0.1, 0.15) is 22.8 Å². The fourth-order valence-corrected chi connectivity index (χ4v) is 2.96. The molecular formula is C19H16N2O3S. The molecule has 0 saturated carbocycles. The first kappa shape index (κ1) is 17.0. The summed E-state index contributed by atoms with van der Waals surface area (Å²) in [6.07, 6.45) is 1.91. The fourth-order valence-electron chi connectivity index (χ4n) is 2.23. The number of amides is 1. The number of thioether (sulfide) groups is 1. The van der Waals surface area contributed by atoms with Crippen LogP contribution in [-0.2, 0) is 4.74 Å². The van der Waals surface area contributed by atoms with Crippen LogP contribution in [0.15, 0.2) is 64.5 Å². The molecule has 0 atom stereocenters. The minimum absolute atomic E-state index is 0.163. The van der Waals surface area contributed by atoms with E-state index in [1.54, 1.807) is 31.2 Å². The van der Waals surface area contributed by atoms with E-state index >= 15 is 0 Å². The third-order valence-electron chi connectivity index (χ3n) is 3.37. The molecule has 1 N–H and O–H groups in total. The molecule has 126 valence electrons. The van der Waals surface area contributed by atoms with Crippen LogP contribution in [-0.4, -0.2) is 23.7 Å². The second-order valence-electron chi connectivity index (χ2n) is 5.16. The molecule has 3 rings (SSSR count). The summed E-state index contributed by atoms with van der Waals surface area (Å²) in [6, 6.07) is 16.5. The van der Waals surface area contributed by atoms with E-state index in [4.69, 9.17) is 4.74 Å². The van der Waals surface area contributed by atoms with Gasteiger partial charge < -0.3 is 10.1 Å². The van der Waals surface area contributed by atoms with Gasteiger partial charge in [-0.15, -0.1) is 0 Å². The Morgan fingerprint density at radius 1 is 1.16 bits per heavy atom. The van der Waals surface area contributed by atoms with Gasteiger partial charge in [0, 0.05) is 0 Å². The number of hydrogen-bond donors (Lipinski definition) is 1. The Balaban J connectivity index is 1.84. The summed E-state index contributed by atoms with van der Waals surface area (Å²) < 4.78 is 4.95. The summed E-state index contributed by atoms with van der Waals surface area (Å²) in [4.78, 5) is 28.6. The van der Waals surface area contributed by atoms with Crippen molar-refractivity contribution in [2.75, 3.05) is 6.61 Å². The number of amidine groups is 1. The summed E-state index contributed by atoms with van der Waals surface area (Å²) in [5, 5.41) is 2.58. The van der Waals surface area contributed by atoms with Crippen LogP contribution in [0.4, 0.5) is 10.5 Å². The molecule has 0 unspecified atom stereocenters. The van der Waals surface area contributed by atoms with E-state index in [2.05, 4.69) is 10.3 Å². The van der Waals surface area contributed by atoms with Crippen molar-refractivity contribution >= 4 is 40.6 Å². The number of nitrogens with zero attached hydrogens (tertiary/aromatic N) is 1. The van der Waals surface area contributed by atoms with E-state index in [-0.39, 0.29) is 11.2 Å². The quantitative estimate of drug-likeness (QED) is 0.829. The minimum Gasteiger partial charge on any atom is -0.462 e. The van der Waals surface area contributed by atoms with Gasteiger partial charge >= 0.3 is 5.97 Å². The van der Waals surface area contributed by atoms with Crippen molar-refractivity contribution in [3.8, 4) is 0 Å². The van der Waals surface area contributed by atoms with Crippen molar-refractivity contribution in [1.82, 2.24) is 5.32 Å². The lowest BCUT2D eigenvalue weighted by atomic mass is 10.2. The predicted molar refractivity (Wildman–Crippen MR) is 100 cm³/mol. The number of rotatable bonds is 4. The third kappa shape index (κ3) is 4.36. The Labute approximate surface area is 149 Å². The summed E-state index contributed by atoms with van der Waals surface area (Å²) in [5.41, 5.74) is 2.10. The van der Waals surface area contributed by atoms with Crippen LogP contribution >= 0.6 is 11.8 Å². The molecule has 0 aliphatic carbocycles. The second-order valence-corrected chi connectivity index (χ2v) is 6.18. The normalized spacial score (nSPS) is 16.9. The summed E-state index contributed by atoms with van der Waals surface area (Å²) in [7, 11) is 0. The number of benzene rings is 2. The third-order valence-corrected chi connectivity index (χ3v) is 4.19. The predicted octanol–water partition coefficient (Wildman–Crippen LogP) is 4.39. The number of carbonyl (C=O) groups excluding carboxylic acids is 2. The standard InChI is InChI=1S/C19H16N2O3S/c1-2-24-18(22)14-8-10-15(11-9-14)20-17-16(25-19(23)21-17)12-13-6-4-3-5-7-13/h3-12H,2H2,1H3,(H,20,21,23)/b16-12-. The van der Waals surface area contributed by atoms with E-state index in [0.29, 0.717) is 23.7 Å². The highest BCUT2D eigenvalue weighted by Gasteiger charge is 2.23. The monoisotopic (exact) mass is 352 g/mol. The van der Waals surface area contributed by atoms with E-state index in [9.17, 15) is 9.59 Å². The zero-order valence-corrected chi connectivity index (χ0v) is 14.4. The molecule has 25 heavy (non-hydrogen) atoms. The van der Waals surface area contributed by atoms with Crippen LogP contribution in [0.5, 0.6) is 0 Å². The zero-order chi connectivity index (χ0) is 17.6. The molecule has 0 radical (unpaired) electrons. The fraction of sp³-hybridized carbons (Fsp3) is 0.105. The average molecular weight is 352 g/mol. The molecule has 6 heteroatoms. The SMILES string of the molecule is CCOC(=O)c1ccc(N=C2NC(=O)S/C2=C\c2ccccc2)cc1. The number of nitrogens with one attached hydrogen (secondary N) is 1. The van der Waals surface area contributed by atoms with Crippen LogP contribution in [0.2, 0.25) is 0 Å². The highest BCUT2D eigenvalue weighted by Crippen LogP contribution is 2.28. The van der Waals surface area contributed by atoms with E-state index in [1.165, 1.54) is 0 Å². The molecule has 0 aromatic heterocycles. The lowest BCUT2D eigenvalue weighted by Gasteiger charge is -2.03. The first-order valence-corrected chi connectivity index (χ1v) is 8.59. The highest BCUT2D eigenvalue weighted by atomic mass is 32.2. The van der Waals surface area contributed by atoms with Gasteiger partial charge in [-0.05, 0) is 54.6 Å². The number of ether oxygens (including phenoxy) is 1. The van der Waals surface area contributed by atoms with Gasteiger partial charge in [0.15, 0.2) is 0 Å². The van der Waals surface area contributed by atoms with Crippen LogP contribution < -0.4 is 5.32 Å². The maximum atomic E-state index is 11.7. The Hall–Kier alpha value is -2.86. The van der Waals surface area contributed by atoms with E-state index < -0.39 is 0 Å². The number of carbonyl (C=O) groups is 2.